The average molecular weight is 710 g/mol. The lowest BCUT2D eigenvalue weighted by molar-refractivity contribution is -0.765. The minimum absolute atomic E-state index is 0.0134. The van der Waals surface area contributed by atoms with E-state index in [0.717, 1.165) is 16.4 Å². The van der Waals surface area contributed by atoms with Crippen molar-refractivity contribution in [3.8, 4) is 0 Å². The molecule has 0 unspecified atom stereocenters. The average Bonchev–Trinajstić information content (AvgIpc) is 3.57. The molecule has 23 heteroatoms. The lowest BCUT2D eigenvalue weighted by atomic mass is 10.0. The number of nitrogen functional groups attached to an aromatic ring is 2. The Morgan fingerprint density at radius 1 is 1.25 bits per heavy atom. The van der Waals surface area contributed by atoms with Crippen molar-refractivity contribution in [2.75, 3.05) is 48.7 Å². The SMILES string of the molecule is Cn1c(N)c(NC(=O)N(CCN)CCN)c[n+]1CC1=C(C(=O)[O-])N2C(=O)[C@@H](NC(=O)/C(=N\OC(C)(C)C(=O)O)c3nsc(N)n3)[C@H]2SC1. The van der Waals surface area contributed by atoms with Crippen LogP contribution >= 0.6 is 23.3 Å². The minimum Gasteiger partial charge on any atom is -0.543 e. The van der Waals surface area contributed by atoms with E-state index in [-0.39, 0.29) is 66.6 Å². The maximum atomic E-state index is 13.3. The van der Waals surface area contributed by atoms with Crippen LogP contribution in [0.25, 0.3) is 0 Å². The predicted molar refractivity (Wildman–Crippen MR) is 169 cm³/mol. The molecule has 2 atom stereocenters. The molecule has 4 rings (SSSR count). The molecule has 4 amide bonds. The molecular weight excluding hydrogens is 674 g/mol. The number of hydrogen-bond acceptors (Lipinski definition) is 16. The van der Waals surface area contributed by atoms with Gasteiger partial charge in [0.1, 0.15) is 11.4 Å². The van der Waals surface area contributed by atoms with E-state index in [2.05, 4.69) is 25.1 Å². The highest BCUT2D eigenvalue weighted by Crippen LogP contribution is 2.40. The maximum Gasteiger partial charge on any atom is 0.350 e. The molecule has 1 fully saturated rings. The normalized spacial score (nSPS) is 17.8. The van der Waals surface area contributed by atoms with Gasteiger partial charge in [-0.1, -0.05) is 5.16 Å². The van der Waals surface area contributed by atoms with E-state index in [1.54, 1.807) is 11.7 Å². The van der Waals surface area contributed by atoms with Crippen LogP contribution in [0.15, 0.2) is 22.6 Å². The summed E-state index contributed by atoms with van der Waals surface area (Å²) in [4.78, 5) is 74.6. The van der Waals surface area contributed by atoms with Crippen molar-refractivity contribution in [1.82, 2.24) is 29.2 Å². The van der Waals surface area contributed by atoms with E-state index in [1.807, 2.05) is 0 Å². The summed E-state index contributed by atoms with van der Waals surface area (Å²) in [7, 11) is 1.60. The molecule has 4 heterocycles. The summed E-state index contributed by atoms with van der Waals surface area (Å²) in [5.41, 5.74) is 20.8. The number of oxime groups is 1. The Morgan fingerprint density at radius 3 is 2.48 bits per heavy atom. The van der Waals surface area contributed by atoms with Crippen molar-refractivity contribution < 1.29 is 43.7 Å². The number of nitrogens with one attached hydrogen (secondary N) is 2. The van der Waals surface area contributed by atoms with E-state index in [4.69, 9.17) is 27.8 Å². The number of carbonyl (C=O) groups is 5. The van der Waals surface area contributed by atoms with E-state index in [1.165, 1.54) is 41.4 Å². The number of urea groups is 1. The molecule has 0 radical (unpaired) electrons. The predicted octanol–water partition coefficient (Wildman–Crippen LogP) is -4.23. The first kappa shape index (κ1) is 35.8. The summed E-state index contributed by atoms with van der Waals surface area (Å²) in [5, 5.41) is 29.7. The highest BCUT2D eigenvalue weighted by molar-refractivity contribution is 8.00. The molecule has 2 aromatic rings. The number of amides is 4. The third-order valence-electron chi connectivity index (χ3n) is 7.24. The van der Waals surface area contributed by atoms with Crippen molar-refractivity contribution >= 4 is 75.4 Å². The summed E-state index contributed by atoms with van der Waals surface area (Å²) in [6.45, 7) is 3.35. The van der Waals surface area contributed by atoms with Gasteiger partial charge in [0, 0.05) is 49.0 Å². The molecule has 0 bridgehead atoms. The van der Waals surface area contributed by atoms with Gasteiger partial charge < -0.3 is 53.0 Å². The van der Waals surface area contributed by atoms with Crippen LogP contribution in [-0.4, -0.2) is 113 Å². The van der Waals surface area contributed by atoms with Gasteiger partial charge in [-0.25, -0.2) is 9.59 Å². The lowest BCUT2D eigenvalue weighted by Crippen LogP contribution is -2.71. The fraction of sp³-hybridized carbons (Fsp3) is 0.480. The number of rotatable bonds is 14. The number of carbonyl (C=O) groups excluding carboxylic acids is 4. The minimum atomic E-state index is -1.83. The molecule has 2 aromatic heterocycles. The number of nitrogens with zero attached hydrogens (tertiary/aromatic N) is 7. The van der Waals surface area contributed by atoms with Crippen LogP contribution in [0.3, 0.4) is 0 Å². The molecule has 48 heavy (non-hydrogen) atoms. The van der Waals surface area contributed by atoms with Crippen molar-refractivity contribution in [1.29, 1.82) is 0 Å². The second kappa shape index (κ2) is 14.4. The van der Waals surface area contributed by atoms with Crippen LogP contribution in [0.5, 0.6) is 0 Å². The Labute approximate surface area is 281 Å². The monoisotopic (exact) mass is 709 g/mol. The largest absolute Gasteiger partial charge is 0.543 e. The quantitative estimate of drug-likeness (QED) is 0.0423. The summed E-state index contributed by atoms with van der Waals surface area (Å²) in [6, 6.07) is -1.67. The number of thioether (sulfide) groups is 1. The standard InChI is InChI=1S/C25H35N13O8S2/c1-25(2,22(43)44)46-33-13(17-32-23(29)48-34-17)18(39)31-14-19(40)38-15(21(41)42)11(10-47-20(14)38)8-37-9-12(16(28)35(37)3)30-24(45)36(6-4-26)7-5-27/h9,14,20,28H,4-8,10,26-27H2,1-3H3,(H6,29,30,31,32,34,39,41,42,43,44,45)/b33-13-/t14-,20-/m1/s1. The number of hydrogen-bond donors (Lipinski definition) is 7. The van der Waals surface area contributed by atoms with Crippen LogP contribution in [0.2, 0.25) is 0 Å². The van der Waals surface area contributed by atoms with Crippen molar-refractivity contribution in [2.45, 2.75) is 37.4 Å². The van der Waals surface area contributed by atoms with E-state index in [0.29, 0.717) is 5.57 Å². The summed E-state index contributed by atoms with van der Waals surface area (Å²) < 4.78 is 6.97. The molecule has 2 aliphatic rings. The Hall–Kier alpha value is -5.00. The fourth-order valence-electron chi connectivity index (χ4n) is 4.60. The molecule has 1 saturated heterocycles. The Kier molecular flexibility index (Phi) is 10.8. The number of carboxylic acid groups (broad SMARTS) is 2. The lowest BCUT2D eigenvalue weighted by Gasteiger charge is -2.50. The Balaban J connectivity index is 1.54. The molecule has 11 N–H and O–H groups in total. The van der Waals surface area contributed by atoms with E-state index >= 15 is 0 Å². The molecule has 0 aliphatic carbocycles. The molecule has 21 nitrogen and oxygen atoms in total. The maximum absolute atomic E-state index is 13.3. The number of fused-ring (bicyclic) bond motifs is 1. The molecule has 0 aromatic carbocycles. The first-order valence-electron chi connectivity index (χ1n) is 14.2. The third kappa shape index (κ3) is 7.27. The van der Waals surface area contributed by atoms with Gasteiger partial charge in [0.2, 0.25) is 23.3 Å². The number of aliphatic carboxylic acids is 2. The van der Waals surface area contributed by atoms with E-state index < -0.39 is 52.5 Å². The number of nitrogens with two attached hydrogens (primary N) is 4. The molecular formula is C25H35N13O8S2. The van der Waals surface area contributed by atoms with Gasteiger partial charge in [-0.2, -0.15) is 9.36 Å². The van der Waals surface area contributed by atoms with Gasteiger partial charge in [0.25, 0.3) is 11.8 Å². The Morgan fingerprint density at radius 2 is 1.92 bits per heavy atom. The van der Waals surface area contributed by atoms with Gasteiger partial charge in [-0.05, 0) is 13.8 Å². The van der Waals surface area contributed by atoms with Crippen LogP contribution in [0.1, 0.15) is 19.7 Å². The smallest absolute Gasteiger partial charge is 0.350 e. The van der Waals surface area contributed by atoms with Crippen LogP contribution in [0, 0.1) is 0 Å². The van der Waals surface area contributed by atoms with Gasteiger partial charge in [-0.3, -0.25) is 19.8 Å². The highest BCUT2D eigenvalue weighted by Gasteiger charge is 2.53. The zero-order chi connectivity index (χ0) is 35.5. The first-order chi connectivity index (χ1) is 22.6. The number of β-lactam (4-membered cyclic amide) rings is 1. The van der Waals surface area contributed by atoms with Gasteiger partial charge in [0.15, 0.2) is 23.2 Å². The van der Waals surface area contributed by atoms with Gasteiger partial charge in [-0.15, -0.1) is 21.1 Å². The van der Waals surface area contributed by atoms with Crippen molar-refractivity contribution in [2.24, 2.45) is 23.7 Å². The molecule has 260 valence electrons. The van der Waals surface area contributed by atoms with E-state index in [9.17, 15) is 34.2 Å². The van der Waals surface area contributed by atoms with Gasteiger partial charge in [0.05, 0.1) is 18.7 Å². The number of carboxylic acids is 2. The topological polar surface area (TPSA) is 319 Å². The van der Waals surface area contributed by atoms with Crippen molar-refractivity contribution in [3.05, 3.63) is 23.3 Å². The van der Waals surface area contributed by atoms with Crippen LogP contribution in [0.4, 0.5) is 21.4 Å². The van der Waals surface area contributed by atoms with Gasteiger partial charge >= 0.3 is 12.0 Å². The number of anilines is 3. The third-order valence-corrected chi connectivity index (χ3v) is 9.13. The second-order valence-corrected chi connectivity index (χ2v) is 12.8. The molecule has 0 saturated carbocycles. The summed E-state index contributed by atoms with van der Waals surface area (Å²) in [6.07, 6.45) is 1.52. The highest BCUT2D eigenvalue weighted by atomic mass is 32.2. The summed E-state index contributed by atoms with van der Waals surface area (Å²) >= 11 is 1.93. The zero-order valence-corrected chi connectivity index (χ0v) is 27.7. The first-order valence-corrected chi connectivity index (χ1v) is 16.0. The van der Waals surface area contributed by atoms with Crippen molar-refractivity contribution in [3.63, 3.8) is 0 Å². The molecule has 2 aliphatic heterocycles. The second-order valence-electron chi connectivity index (χ2n) is 10.9. The number of aromatic nitrogens is 4. The van der Waals surface area contributed by atoms with Crippen LogP contribution in [-0.2, 0) is 37.6 Å². The molecule has 0 spiro atoms. The zero-order valence-electron chi connectivity index (χ0n) is 26.0. The fourth-order valence-corrected chi connectivity index (χ4v) is 6.37. The summed E-state index contributed by atoms with van der Waals surface area (Å²) in [5.74, 6) is -4.70. The van der Waals surface area contributed by atoms with Crippen LogP contribution < -0.4 is 43.4 Å². The Bertz CT molecular complexity index is 1680.